The Kier molecular flexibility index (Phi) is 5.98. The number of aromatic nitrogens is 1. The Morgan fingerprint density at radius 3 is 2.24 bits per heavy atom. The summed E-state index contributed by atoms with van der Waals surface area (Å²) in [4.78, 5) is 16.9. The number of fused-ring (bicyclic) bond motifs is 1. The van der Waals surface area contributed by atoms with Crippen molar-refractivity contribution in [2.75, 3.05) is 11.9 Å². The molecule has 1 heterocycles. The van der Waals surface area contributed by atoms with Crippen LogP contribution in [0.25, 0.3) is 23.3 Å². The maximum Gasteiger partial charge on any atom is 0.319 e. The number of pyridine rings is 1. The SMILES string of the molecule is O=C(NCCC(c1ccccc1)c1ccccc1)Nc1cccc(-c2cncc3c2=CC=3)c1.[HH].[HH]. The third kappa shape index (κ3) is 4.70. The van der Waals surface area contributed by atoms with Gasteiger partial charge in [0.25, 0.3) is 0 Å². The van der Waals surface area contributed by atoms with Gasteiger partial charge in [0, 0.05) is 44.2 Å². The summed E-state index contributed by atoms with van der Waals surface area (Å²) >= 11 is 0. The lowest BCUT2D eigenvalue weighted by Crippen LogP contribution is -2.32. The van der Waals surface area contributed by atoms with Crippen LogP contribution in [0.1, 0.15) is 26.3 Å². The predicted molar refractivity (Wildman–Crippen MR) is 138 cm³/mol. The Morgan fingerprint density at radius 2 is 1.58 bits per heavy atom. The van der Waals surface area contributed by atoms with Crippen LogP contribution in [0.2, 0.25) is 0 Å². The number of carbonyl (C=O) groups excluding carboxylic acids is 1. The average Bonchev–Trinajstić information content (AvgIpc) is 2.84. The molecule has 4 heteroatoms. The second kappa shape index (κ2) is 9.53. The average molecular weight is 436 g/mol. The highest BCUT2D eigenvalue weighted by Crippen LogP contribution is 2.27. The van der Waals surface area contributed by atoms with Gasteiger partial charge in [-0.15, -0.1) is 0 Å². The molecular formula is C29H29N3O. The van der Waals surface area contributed by atoms with Crippen molar-refractivity contribution in [2.45, 2.75) is 12.3 Å². The van der Waals surface area contributed by atoms with Crippen molar-refractivity contribution in [3.63, 3.8) is 0 Å². The molecule has 1 aromatic heterocycles. The molecule has 0 atom stereocenters. The number of amides is 2. The highest BCUT2D eigenvalue weighted by atomic mass is 16.2. The van der Waals surface area contributed by atoms with Crippen LogP contribution in [0.5, 0.6) is 0 Å². The van der Waals surface area contributed by atoms with Crippen molar-refractivity contribution < 1.29 is 7.65 Å². The molecule has 0 aliphatic heterocycles. The van der Waals surface area contributed by atoms with Gasteiger partial charge in [-0.1, -0.05) is 84.9 Å². The van der Waals surface area contributed by atoms with E-state index in [1.54, 1.807) is 0 Å². The van der Waals surface area contributed by atoms with Crippen molar-refractivity contribution in [1.82, 2.24) is 10.3 Å². The van der Waals surface area contributed by atoms with Crippen LogP contribution in [0.15, 0.2) is 97.3 Å². The lowest BCUT2D eigenvalue weighted by atomic mass is 9.88. The second-order valence-electron chi connectivity index (χ2n) is 8.15. The summed E-state index contributed by atoms with van der Waals surface area (Å²) in [5.41, 5.74) is 5.37. The standard InChI is InChI=1S/C29H25N3O.2H2/c33-29(31-17-16-26(21-8-3-1-4-9-21)22-10-5-2-6-11-22)32-25-13-7-12-23(18-25)28-20-30-19-24-14-15-27(24)28;;/h1-15,18-20,26H,16-17H2,(H2,31,32,33);2*1H. The van der Waals surface area contributed by atoms with Gasteiger partial charge in [-0.25, -0.2) is 4.79 Å². The maximum atomic E-state index is 12.6. The van der Waals surface area contributed by atoms with E-state index in [-0.39, 0.29) is 14.8 Å². The number of anilines is 1. The third-order valence-electron chi connectivity index (χ3n) is 6.00. The lowest BCUT2D eigenvalue weighted by molar-refractivity contribution is 0.252. The van der Waals surface area contributed by atoms with Gasteiger partial charge in [0.1, 0.15) is 0 Å². The molecule has 0 saturated carbocycles. The third-order valence-corrected chi connectivity index (χ3v) is 6.00. The smallest absolute Gasteiger partial charge is 0.319 e. The quantitative estimate of drug-likeness (QED) is 0.421. The summed E-state index contributed by atoms with van der Waals surface area (Å²) in [6.07, 6.45) is 8.70. The van der Waals surface area contributed by atoms with Gasteiger partial charge in [-0.2, -0.15) is 0 Å². The summed E-state index contributed by atoms with van der Waals surface area (Å²) in [5.74, 6) is 0.229. The van der Waals surface area contributed by atoms with E-state index in [2.05, 4.69) is 76.3 Å². The Bertz CT molecular complexity index is 1350. The van der Waals surface area contributed by atoms with Crippen molar-refractivity contribution in [3.05, 3.63) is 119 Å². The minimum Gasteiger partial charge on any atom is -0.338 e. The molecule has 4 aromatic rings. The van der Waals surface area contributed by atoms with Crippen LogP contribution >= 0.6 is 0 Å². The van der Waals surface area contributed by atoms with Gasteiger partial charge >= 0.3 is 6.03 Å². The minimum absolute atomic E-state index is 0. The number of nitrogens with zero attached hydrogens (tertiary/aromatic N) is 1. The molecule has 0 saturated heterocycles. The van der Waals surface area contributed by atoms with E-state index < -0.39 is 0 Å². The van der Waals surface area contributed by atoms with Gasteiger partial charge in [-0.3, -0.25) is 4.98 Å². The summed E-state index contributed by atoms with van der Waals surface area (Å²) in [6, 6.07) is 28.5. The molecule has 4 nitrogen and oxygen atoms in total. The Labute approximate surface area is 196 Å². The molecule has 2 N–H and O–H groups in total. The number of rotatable bonds is 7. The highest BCUT2D eigenvalue weighted by molar-refractivity contribution is 5.90. The molecule has 0 unspecified atom stereocenters. The van der Waals surface area contributed by atoms with Crippen molar-refractivity contribution >= 4 is 23.9 Å². The van der Waals surface area contributed by atoms with E-state index in [1.165, 1.54) is 16.3 Å². The summed E-state index contributed by atoms with van der Waals surface area (Å²) in [5, 5.41) is 8.33. The summed E-state index contributed by atoms with van der Waals surface area (Å²) in [6.45, 7) is 0.570. The molecule has 1 aliphatic carbocycles. The molecule has 0 fully saturated rings. The first-order valence-electron chi connectivity index (χ1n) is 11.2. The molecular weight excluding hydrogens is 406 g/mol. The molecule has 0 spiro atoms. The Balaban J connectivity index is 0.00000171. The number of nitrogens with one attached hydrogen (secondary N) is 2. The van der Waals surface area contributed by atoms with Crippen LogP contribution in [0.3, 0.4) is 0 Å². The molecule has 0 bridgehead atoms. The first-order valence-corrected chi connectivity index (χ1v) is 11.2. The van der Waals surface area contributed by atoms with Gasteiger partial charge in [-0.05, 0) is 40.5 Å². The van der Waals surface area contributed by atoms with Crippen LogP contribution in [0, 0.1) is 0 Å². The van der Waals surface area contributed by atoms with Gasteiger partial charge in [0.05, 0.1) is 0 Å². The normalized spacial score (nSPS) is 11.5. The summed E-state index contributed by atoms with van der Waals surface area (Å²) < 4.78 is 0. The van der Waals surface area contributed by atoms with E-state index in [4.69, 9.17) is 0 Å². The fourth-order valence-corrected chi connectivity index (χ4v) is 4.28. The number of urea groups is 1. The molecule has 3 aromatic carbocycles. The molecule has 5 rings (SSSR count). The zero-order valence-electron chi connectivity index (χ0n) is 18.2. The first-order chi connectivity index (χ1) is 16.3. The molecule has 166 valence electrons. The van der Waals surface area contributed by atoms with Gasteiger partial charge in [0.15, 0.2) is 0 Å². The van der Waals surface area contributed by atoms with Crippen LogP contribution in [0.4, 0.5) is 10.5 Å². The molecule has 0 radical (unpaired) electrons. The monoisotopic (exact) mass is 435 g/mol. The van der Waals surface area contributed by atoms with E-state index >= 15 is 0 Å². The second-order valence-corrected chi connectivity index (χ2v) is 8.15. The van der Waals surface area contributed by atoms with E-state index in [0.717, 1.165) is 28.5 Å². The Morgan fingerprint density at radius 1 is 0.848 bits per heavy atom. The molecule has 2 amide bonds. The van der Waals surface area contributed by atoms with Crippen molar-refractivity contribution in [1.29, 1.82) is 0 Å². The first kappa shape index (κ1) is 20.7. The number of benzene rings is 3. The predicted octanol–water partition coefficient (Wildman–Crippen LogP) is 5.16. The van der Waals surface area contributed by atoms with E-state index in [0.29, 0.717) is 6.54 Å². The highest BCUT2D eigenvalue weighted by Gasteiger charge is 2.14. The molecule has 33 heavy (non-hydrogen) atoms. The van der Waals surface area contributed by atoms with Crippen LogP contribution in [-0.4, -0.2) is 17.6 Å². The fraction of sp³-hybridized carbons (Fsp3) is 0.103. The van der Waals surface area contributed by atoms with Crippen molar-refractivity contribution in [2.24, 2.45) is 0 Å². The Hall–Kier alpha value is -4.18. The summed E-state index contributed by atoms with van der Waals surface area (Å²) in [7, 11) is 0. The maximum absolute atomic E-state index is 12.6. The minimum atomic E-state index is -0.203. The molecule has 1 aliphatic rings. The topological polar surface area (TPSA) is 54.0 Å². The lowest BCUT2D eigenvalue weighted by Gasteiger charge is -2.18. The van der Waals surface area contributed by atoms with Crippen LogP contribution in [-0.2, 0) is 0 Å². The van der Waals surface area contributed by atoms with Crippen molar-refractivity contribution in [3.8, 4) is 11.1 Å². The fourth-order valence-electron chi connectivity index (χ4n) is 4.28. The largest absolute Gasteiger partial charge is 0.338 e. The van der Waals surface area contributed by atoms with Crippen LogP contribution < -0.4 is 21.1 Å². The zero-order valence-corrected chi connectivity index (χ0v) is 18.2. The van der Waals surface area contributed by atoms with Gasteiger partial charge in [0.2, 0.25) is 0 Å². The van der Waals surface area contributed by atoms with E-state index in [9.17, 15) is 4.79 Å². The zero-order chi connectivity index (χ0) is 22.5. The van der Waals surface area contributed by atoms with Gasteiger partial charge < -0.3 is 10.6 Å². The number of hydrogen-bond donors (Lipinski definition) is 2. The van der Waals surface area contributed by atoms with E-state index in [1.807, 2.05) is 48.8 Å². The number of hydrogen-bond acceptors (Lipinski definition) is 2. The number of carbonyl (C=O) groups is 1.